The highest BCUT2D eigenvalue weighted by Crippen LogP contribution is 2.33. The maximum atomic E-state index is 13.1. The Bertz CT molecular complexity index is 1380. The quantitative estimate of drug-likeness (QED) is 0.289. The van der Waals surface area contributed by atoms with Gasteiger partial charge in [-0.15, -0.1) is 0 Å². The number of rotatable bonds is 9. The number of nitrogens with one attached hydrogen (secondary N) is 1. The zero-order valence-corrected chi connectivity index (χ0v) is 19.7. The van der Waals surface area contributed by atoms with E-state index in [1.54, 1.807) is 12.4 Å². The molecule has 4 heteroatoms. The van der Waals surface area contributed by atoms with Gasteiger partial charge in [-0.1, -0.05) is 78.9 Å². The number of benzene rings is 3. The van der Waals surface area contributed by atoms with Gasteiger partial charge in [-0.05, 0) is 52.8 Å². The molecule has 1 N–H and O–H groups in total. The highest BCUT2D eigenvalue weighted by atomic mass is 16.1. The van der Waals surface area contributed by atoms with E-state index in [0.29, 0.717) is 13.0 Å². The first-order chi connectivity index (χ1) is 17.3. The third kappa shape index (κ3) is 5.67. The van der Waals surface area contributed by atoms with Crippen molar-refractivity contribution in [2.45, 2.75) is 31.8 Å². The molecule has 1 atom stereocenters. The number of nitrogens with zero attached hydrogens (tertiary/aromatic N) is 2. The van der Waals surface area contributed by atoms with Crippen molar-refractivity contribution < 1.29 is 4.79 Å². The van der Waals surface area contributed by atoms with E-state index in [2.05, 4.69) is 93.9 Å². The molecule has 4 nitrogen and oxygen atoms in total. The molecule has 2 aromatic heterocycles. The molecule has 0 bridgehead atoms. The molecule has 0 spiro atoms. The Kier molecular flexibility index (Phi) is 7.00. The van der Waals surface area contributed by atoms with E-state index in [1.165, 1.54) is 27.6 Å². The normalized spacial score (nSPS) is 11.9. The monoisotopic (exact) mass is 459 g/mol. The average molecular weight is 460 g/mol. The Hall–Kier alpha value is -4.18. The molecular formula is C31H29N3O. The minimum atomic E-state index is 0.0580. The van der Waals surface area contributed by atoms with Crippen LogP contribution in [-0.2, 0) is 24.3 Å². The van der Waals surface area contributed by atoms with Crippen molar-refractivity contribution in [3.8, 4) is 0 Å². The molecule has 3 aromatic carbocycles. The molecule has 0 saturated carbocycles. The van der Waals surface area contributed by atoms with Gasteiger partial charge >= 0.3 is 0 Å². The number of fused-ring (bicyclic) bond motifs is 1. The molecule has 0 aliphatic rings. The summed E-state index contributed by atoms with van der Waals surface area (Å²) in [6, 6.07) is 33.3. The van der Waals surface area contributed by atoms with Crippen LogP contribution >= 0.6 is 0 Å². The van der Waals surface area contributed by atoms with Gasteiger partial charge in [0.15, 0.2) is 0 Å². The highest BCUT2D eigenvalue weighted by molar-refractivity contribution is 5.86. The van der Waals surface area contributed by atoms with Gasteiger partial charge < -0.3 is 9.88 Å². The van der Waals surface area contributed by atoms with E-state index < -0.39 is 0 Å². The summed E-state index contributed by atoms with van der Waals surface area (Å²) in [6.07, 6.45) is 6.99. The number of hydrogen-bond acceptors (Lipinski definition) is 2. The number of para-hydroxylation sites is 1. The van der Waals surface area contributed by atoms with E-state index in [4.69, 9.17) is 0 Å². The van der Waals surface area contributed by atoms with Crippen LogP contribution in [0.5, 0.6) is 0 Å². The van der Waals surface area contributed by atoms with Crippen molar-refractivity contribution in [1.29, 1.82) is 0 Å². The first kappa shape index (κ1) is 22.6. The summed E-state index contributed by atoms with van der Waals surface area (Å²) in [4.78, 5) is 17.1. The second-order valence-electron chi connectivity index (χ2n) is 8.94. The van der Waals surface area contributed by atoms with E-state index in [9.17, 15) is 4.79 Å². The van der Waals surface area contributed by atoms with Gasteiger partial charge in [0.2, 0.25) is 5.91 Å². The van der Waals surface area contributed by atoms with Crippen LogP contribution in [0.1, 0.15) is 34.6 Å². The lowest BCUT2D eigenvalue weighted by molar-refractivity contribution is -0.121. The van der Waals surface area contributed by atoms with Crippen molar-refractivity contribution in [2.24, 2.45) is 0 Å². The fourth-order valence-electron chi connectivity index (χ4n) is 4.70. The van der Waals surface area contributed by atoms with Crippen LogP contribution in [0.4, 0.5) is 0 Å². The summed E-state index contributed by atoms with van der Waals surface area (Å²) in [7, 11) is 0. The van der Waals surface area contributed by atoms with Gasteiger partial charge in [-0.3, -0.25) is 9.78 Å². The minimum Gasteiger partial charge on any atom is -0.352 e. The summed E-state index contributed by atoms with van der Waals surface area (Å²) in [6.45, 7) is 1.31. The van der Waals surface area contributed by atoms with Crippen LogP contribution in [0, 0.1) is 0 Å². The maximum absolute atomic E-state index is 13.1. The number of carbonyl (C=O) groups is 1. The number of amides is 1. The van der Waals surface area contributed by atoms with Gasteiger partial charge in [0.25, 0.3) is 0 Å². The highest BCUT2D eigenvalue weighted by Gasteiger charge is 2.21. The van der Waals surface area contributed by atoms with Crippen molar-refractivity contribution >= 4 is 16.8 Å². The number of hydrogen-bond donors (Lipinski definition) is 1. The van der Waals surface area contributed by atoms with Gasteiger partial charge in [0.1, 0.15) is 0 Å². The molecule has 5 rings (SSSR count). The predicted molar refractivity (Wildman–Crippen MR) is 141 cm³/mol. The smallest absolute Gasteiger partial charge is 0.220 e. The molecule has 0 saturated heterocycles. The summed E-state index contributed by atoms with van der Waals surface area (Å²) < 4.78 is 2.31. The van der Waals surface area contributed by atoms with Crippen LogP contribution in [-0.4, -0.2) is 15.5 Å². The van der Waals surface area contributed by atoms with Crippen molar-refractivity contribution in [3.63, 3.8) is 0 Å². The van der Waals surface area contributed by atoms with Crippen molar-refractivity contribution in [2.75, 3.05) is 0 Å². The lowest BCUT2D eigenvalue weighted by Gasteiger charge is -2.17. The molecule has 1 unspecified atom stereocenters. The maximum Gasteiger partial charge on any atom is 0.220 e. The number of aromatic nitrogens is 2. The Morgan fingerprint density at radius 1 is 0.771 bits per heavy atom. The lowest BCUT2D eigenvalue weighted by Crippen LogP contribution is -2.25. The SMILES string of the molecule is O=C(CC(Cc1ccccc1)c1cn(Cc2ccccc2)c2ccccc12)NCc1ccncc1. The molecule has 5 aromatic rings. The molecule has 0 radical (unpaired) electrons. The van der Waals surface area contributed by atoms with E-state index >= 15 is 0 Å². The standard InChI is InChI=1S/C31H29N3O/c35-31(33-21-25-15-17-32-18-16-25)20-27(19-24-9-3-1-4-10-24)29-23-34(22-26-11-5-2-6-12-26)30-14-8-7-13-28(29)30/h1-18,23,27H,19-22H2,(H,33,35). The summed E-state index contributed by atoms with van der Waals surface area (Å²) in [5.74, 6) is 0.124. The van der Waals surface area contributed by atoms with Crippen molar-refractivity contribution in [3.05, 3.63) is 138 Å². The second kappa shape index (κ2) is 10.8. The molecule has 35 heavy (non-hydrogen) atoms. The van der Waals surface area contributed by atoms with Gasteiger partial charge in [-0.2, -0.15) is 0 Å². The largest absolute Gasteiger partial charge is 0.352 e. The fourth-order valence-corrected chi connectivity index (χ4v) is 4.70. The van der Waals surface area contributed by atoms with Crippen LogP contribution in [0.15, 0.2) is 116 Å². The molecule has 0 aliphatic heterocycles. The van der Waals surface area contributed by atoms with Crippen molar-refractivity contribution in [1.82, 2.24) is 14.9 Å². The summed E-state index contributed by atoms with van der Waals surface area (Å²) in [5, 5.41) is 4.32. The van der Waals surface area contributed by atoms with Crippen LogP contribution in [0.3, 0.4) is 0 Å². The number of pyridine rings is 1. The Labute approximate surface area is 206 Å². The Morgan fingerprint density at radius 2 is 1.43 bits per heavy atom. The molecular weight excluding hydrogens is 430 g/mol. The Morgan fingerprint density at radius 3 is 2.17 bits per heavy atom. The fraction of sp³-hybridized carbons (Fsp3) is 0.161. The lowest BCUT2D eigenvalue weighted by atomic mass is 9.88. The Balaban J connectivity index is 1.44. The molecule has 0 aliphatic carbocycles. The third-order valence-corrected chi connectivity index (χ3v) is 6.45. The third-order valence-electron chi connectivity index (χ3n) is 6.45. The predicted octanol–water partition coefficient (Wildman–Crippen LogP) is 6.12. The molecule has 174 valence electrons. The number of carbonyl (C=O) groups excluding carboxylic acids is 1. The summed E-state index contributed by atoms with van der Waals surface area (Å²) >= 11 is 0. The van der Waals surface area contributed by atoms with Gasteiger partial charge in [-0.25, -0.2) is 0 Å². The first-order valence-electron chi connectivity index (χ1n) is 12.1. The summed E-state index contributed by atoms with van der Waals surface area (Å²) in [5.41, 5.74) is 5.96. The van der Waals surface area contributed by atoms with Crippen LogP contribution in [0.25, 0.3) is 10.9 Å². The second-order valence-corrected chi connectivity index (χ2v) is 8.94. The van der Waals surface area contributed by atoms with E-state index in [1.807, 2.05) is 24.3 Å². The zero-order chi connectivity index (χ0) is 23.9. The molecule has 0 fully saturated rings. The van der Waals surface area contributed by atoms with Gasteiger partial charge in [0, 0.05) is 49.0 Å². The van der Waals surface area contributed by atoms with E-state index in [-0.39, 0.29) is 11.8 Å². The molecule has 2 heterocycles. The topological polar surface area (TPSA) is 46.9 Å². The van der Waals surface area contributed by atoms with Gasteiger partial charge in [0.05, 0.1) is 0 Å². The first-order valence-corrected chi connectivity index (χ1v) is 12.1. The van der Waals surface area contributed by atoms with Crippen LogP contribution < -0.4 is 5.32 Å². The van der Waals surface area contributed by atoms with E-state index in [0.717, 1.165) is 18.5 Å². The minimum absolute atomic E-state index is 0.0580. The zero-order valence-electron chi connectivity index (χ0n) is 19.7. The molecule has 1 amide bonds. The average Bonchev–Trinajstić information content (AvgIpc) is 3.27. The van der Waals surface area contributed by atoms with Crippen LogP contribution in [0.2, 0.25) is 0 Å².